The molecule has 3 N–H and O–H groups in total. The third-order valence-corrected chi connectivity index (χ3v) is 3.78. The monoisotopic (exact) mass is 284 g/mol. The van der Waals surface area contributed by atoms with E-state index in [0.29, 0.717) is 11.3 Å². The Balaban J connectivity index is 2.33. The van der Waals surface area contributed by atoms with E-state index < -0.39 is 15.8 Å². The van der Waals surface area contributed by atoms with E-state index in [0.717, 1.165) is 6.07 Å². The average molecular weight is 284 g/mol. The van der Waals surface area contributed by atoms with Crippen molar-refractivity contribution in [1.29, 1.82) is 0 Å². The molecule has 0 aliphatic heterocycles. The van der Waals surface area contributed by atoms with Gasteiger partial charge in [0.2, 0.25) is 5.09 Å². The van der Waals surface area contributed by atoms with Crippen LogP contribution in [0.4, 0.5) is 10.1 Å². The van der Waals surface area contributed by atoms with Crippen LogP contribution < -0.4 is 10.5 Å². The Bertz CT molecular complexity index is 695. The predicted molar refractivity (Wildman–Crippen MR) is 68.5 cm³/mol. The second-order valence-electron chi connectivity index (χ2n) is 3.99. The van der Waals surface area contributed by atoms with Crippen molar-refractivity contribution in [1.82, 2.24) is 0 Å². The summed E-state index contributed by atoms with van der Waals surface area (Å²) in [5, 5.41) is -0.253. The molecule has 0 spiro atoms. The van der Waals surface area contributed by atoms with Crippen LogP contribution in [-0.4, -0.2) is 8.42 Å². The van der Waals surface area contributed by atoms with Crippen LogP contribution in [0.2, 0.25) is 0 Å². The first kappa shape index (κ1) is 13.6. The number of furan rings is 1. The Morgan fingerprint density at radius 1 is 1.32 bits per heavy atom. The zero-order valence-electron chi connectivity index (χ0n) is 10.2. The quantitative estimate of drug-likeness (QED) is 0.899. The second kappa shape index (κ2) is 5.02. The van der Waals surface area contributed by atoms with Gasteiger partial charge in [-0.1, -0.05) is 6.07 Å². The van der Waals surface area contributed by atoms with Gasteiger partial charge in [-0.15, -0.1) is 0 Å². The van der Waals surface area contributed by atoms with Crippen molar-refractivity contribution in [2.24, 2.45) is 5.73 Å². The summed E-state index contributed by atoms with van der Waals surface area (Å²) < 4.78 is 44.5. The van der Waals surface area contributed by atoms with Crippen molar-refractivity contribution in [3.63, 3.8) is 0 Å². The minimum atomic E-state index is -3.88. The number of hydrogen-bond acceptors (Lipinski definition) is 4. The molecule has 19 heavy (non-hydrogen) atoms. The lowest BCUT2D eigenvalue weighted by atomic mass is 10.2. The van der Waals surface area contributed by atoms with Crippen molar-refractivity contribution in [2.45, 2.75) is 18.6 Å². The summed E-state index contributed by atoms with van der Waals surface area (Å²) in [6.45, 7) is 1.78. The van der Waals surface area contributed by atoms with Gasteiger partial charge in [-0.05, 0) is 36.8 Å². The third kappa shape index (κ3) is 2.94. The van der Waals surface area contributed by atoms with Crippen molar-refractivity contribution in [2.75, 3.05) is 4.72 Å². The van der Waals surface area contributed by atoms with Crippen LogP contribution in [0.1, 0.15) is 11.3 Å². The molecular formula is C12H13FN2O3S. The first-order valence-corrected chi connectivity index (χ1v) is 6.98. The normalized spacial score (nSPS) is 11.5. The summed E-state index contributed by atoms with van der Waals surface area (Å²) >= 11 is 0. The standard InChI is InChI=1S/C12H13FN2O3S/c1-8-2-3-9(13)6-11(8)15-19(16,17)12-5-4-10(7-14)18-12/h2-6,15H,7,14H2,1H3. The van der Waals surface area contributed by atoms with Crippen molar-refractivity contribution >= 4 is 15.7 Å². The number of anilines is 1. The fourth-order valence-electron chi connectivity index (χ4n) is 1.51. The minimum Gasteiger partial charge on any atom is -0.446 e. The number of hydrogen-bond donors (Lipinski definition) is 2. The molecule has 0 aliphatic carbocycles. The Hall–Kier alpha value is -1.86. The summed E-state index contributed by atoms with van der Waals surface area (Å²) in [4.78, 5) is 0. The lowest BCUT2D eigenvalue weighted by molar-refractivity contribution is 0.417. The highest BCUT2D eigenvalue weighted by atomic mass is 32.2. The Kier molecular flexibility index (Phi) is 3.59. The largest absolute Gasteiger partial charge is 0.446 e. The van der Waals surface area contributed by atoms with Gasteiger partial charge in [0, 0.05) is 0 Å². The van der Waals surface area contributed by atoms with Crippen LogP contribution in [0, 0.1) is 12.7 Å². The van der Waals surface area contributed by atoms with Gasteiger partial charge in [0.25, 0.3) is 10.0 Å². The van der Waals surface area contributed by atoms with Gasteiger partial charge < -0.3 is 10.2 Å². The van der Waals surface area contributed by atoms with Gasteiger partial charge in [0.1, 0.15) is 11.6 Å². The smallest absolute Gasteiger partial charge is 0.295 e. The average Bonchev–Trinajstić information content (AvgIpc) is 2.83. The van der Waals surface area contributed by atoms with Gasteiger partial charge >= 0.3 is 0 Å². The van der Waals surface area contributed by atoms with E-state index in [4.69, 9.17) is 10.2 Å². The van der Waals surface area contributed by atoms with Gasteiger partial charge in [-0.25, -0.2) is 4.39 Å². The lowest BCUT2D eigenvalue weighted by Crippen LogP contribution is -2.13. The molecule has 7 heteroatoms. The minimum absolute atomic E-state index is 0.106. The molecule has 102 valence electrons. The topological polar surface area (TPSA) is 85.3 Å². The highest BCUT2D eigenvalue weighted by Crippen LogP contribution is 2.21. The molecular weight excluding hydrogens is 271 g/mol. The molecule has 2 rings (SSSR count). The summed E-state index contributed by atoms with van der Waals surface area (Å²) in [5.41, 5.74) is 6.12. The Morgan fingerprint density at radius 3 is 2.68 bits per heavy atom. The summed E-state index contributed by atoms with van der Waals surface area (Å²) in [6, 6.07) is 6.64. The number of aryl methyl sites for hydroxylation is 1. The van der Waals surface area contributed by atoms with Crippen LogP contribution >= 0.6 is 0 Å². The van der Waals surface area contributed by atoms with Crippen LogP contribution in [0.15, 0.2) is 39.8 Å². The first-order chi connectivity index (χ1) is 8.92. The molecule has 1 aromatic carbocycles. The predicted octanol–water partition coefficient (Wildman–Crippen LogP) is 1.99. The first-order valence-electron chi connectivity index (χ1n) is 5.50. The number of sulfonamides is 1. The van der Waals surface area contributed by atoms with Crippen molar-refractivity contribution in [3.05, 3.63) is 47.5 Å². The Labute approximate surface area is 110 Å². The maximum atomic E-state index is 13.1. The van der Waals surface area contributed by atoms with Gasteiger partial charge in [-0.2, -0.15) is 8.42 Å². The highest BCUT2D eigenvalue weighted by molar-refractivity contribution is 7.92. The molecule has 1 heterocycles. The number of rotatable bonds is 4. The molecule has 0 amide bonds. The van der Waals surface area contributed by atoms with E-state index in [2.05, 4.69) is 4.72 Å². The summed E-state index contributed by atoms with van der Waals surface area (Å²) in [5.74, 6) is -0.165. The molecule has 0 atom stereocenters. The molecule has 0 aliphatic rings. The number of benzene rings is 1. The van der Waals surface area contributed by atoms with E-state index in [1.54, 1.807) is 6.92 Å². The van der Waals surface area contributed by atoms with Crippen LogP contribution in [0.3, 0.4) is 0 Å². The van der Waals surface area contributed by atoms with E-state index >= 15 is 0 Å². The highest BCUT2D eigenvalue weighted by Gasteiger charge is 2.19. The SMILES string of the molecule is Cc1ccc(F)cc1NS(=O)(=O)c1ccc(CN)o1. The van der Waals surface area contributed by atoms with Gasteiger partial charge in [-0.3, -0.25) is 4.72 Å². The van der Waals surface area contributed by atoms with E-state index in [1.807, 2.05) is 0 Å². The molecule has 0 unspecified atom stereocenters. The molecule has 0 saturated carbocycles. The zero-order valence-corrected chi connectivity index (χ0v) is 11.0. The molecule has 1 aromatic heterocycles. The fourth-order valence-corrected chi connectivity index (χ4v) is 2.59. The van der Waals surface area contributed by atoms with Crippen LogP contribution in [0.25, 0.3) is 0 Å². The van der Waals surface area contributed by atoms with E-state index in [1.165, 1.54) is 24.3 Å². The molecule has 5 nitrogen and oxygen atoms in total. The van der Waals surface area contributed by atoms with Crippen LogP contribution in [-0.2, 0) is 16.6 Å². The number of nitrogens with two attached hydrogens (primary N) is 1. The van der Waals surface area contributed by atoms with Gasteiger partial charge in [0.15, 0.2) is 0 Å². The maximum absolute atomic E-state index is 13.1. The Morgan fingerprint density at radius 2 is 2.05 bits per heavy atom. The lowest BCUT2D eigenvalue weighted by Gasteiger charge is -2.08. The van der Waals surface area contributed by atoms with E-state index in [9.17, 15) is 12.8 Å². The molecule has 0 radical (unpaired) electrons. The second-order valence-corrected chi connectivity index (χ2v) is 5.60. The van der Waals surface area contributed by atoms with Crippen LogP contribution in [0.5, 0.6) is 0 Å². The third-order valence-electron chi connectivity index (χ3n) is 2.55. The zero-order chi connectivity index (χ0) is 14.0. The summed E-state index contributed by atoms with van der Waals surface area (Å²) in [7, 11) is -3.88. The number of halogens is 1. The molecule has 0 bridgehead atoms. The summed E-state index contributed by atoms with van der Waals surface area (Å²) in [6.07, 6.45) is 0. The fraction of sp³-hybridized carbons (Fsp3) is 0.167. The molecule has 2 aromatic rings. The molecule has 0 fully saturated rings. The molecule has 0 saturated heterocycles. The van der Waals surface area contributed by atoms with E-state index in [-0.39, 0.29) is 17.3 Å². The van der Waals surface area contributed by atoms with Gasteiger partial charge in [0.05, 0.1) is 12.2 Å². The van der Waals surface area contributed by atoms with Crippen molar-refractivity contribution in [3.8, 4) is 0 Å². The van der Waals surface area contributed by atoms with Crippen molar-refractivity contribution < 1.29 is 17.2 Å². The maximum Gasteiger partial charge on any atom is 0.295 e. The number of nitrogens with one attached hydrogen (secondary N) is 1.